The van der Waals surface area contributed by atoms with Crippen molar-refractivity contribution in [2.45, 2.75) is 89.6 Å². The molecule has 0 unspecified atom stereocenters. The van der Waals surface area contributed by atoms with Crippen molar-refractivity contribution in [3.05, 3.63) is 29.8 Å². The summed E-state index contributed by atoms with van der Waals surface area (Å²) in [6, 6.07) is 10.6. The highest BCUT2D eigenvalue weighted by atomic mass is 16.5. The van der Waals surface area contributed by atoms with Gasteiger partial charge in [0.05, 0.1) is 6.10 Å². The summed E-state index contributed by atoms with van der Waals surface area (Å²) in [6.07, 6.45) is 8.86. The second-order valence-electron chi connectivity index (χ2n) is 10.2. The molecule has 2 saturated heterocycles. The number of ether oxygens (including phenoxy) is 1. The molecule has 1 aromatic rings. The van der Waals surface area contributed by atoms with Crippen molar-refractivity contribution in [3.63, 3.8) is 0 Å². The fourth-order valence-electron chi connectivity index (χ4n) is 5.83. The van der Waals surface area contributed by atoms with Gasteiger partial charge in [-0.25, -0.2) is 0 Å². The highest BCUT2D eigenvalue weighted by molar-refractivity contribution is 5.27. The number of aliphatic hydroxyl groups excluding tert-OH is 1. The molecule has 0 bridgehead atoms. The predicted molar refractivity (Wildman–Crippen MR) is 127 cm³/mol. The van der Waals surface area contributed by atoms with Gasteiger partial charge in [0.25, 0.3) is 0 Å². The third-order valence-corrected chi connectivity index (χ3v) is 7.71. The van der Waals surface area contributed by atoms with Gasteiger partial charge in [-0.05, 0) is 89.6 Å². The van der Waals surface area contributed by atoms with Crippen molar-refractivity contribution < 1.29 is 9.84 Å². The van der Waals surface area contributed by atoms with Crippen LogP contribution in [0.15, 0.2) is 24.3 Å². The van der Waals surface area contributed by atoms with Gasteiger partial charge in [0, 0.05) is 50.9 Å². The largest absolute Gasteiger partial charge is 0.490 e. The average molecular weight is 430 g/mol. The molecule has 0 amide bonds. The van der Waals surface area contributed by atoms with Crippen molar-refractivity contribution in [3.8, 4) is 5.75 Å². The van der Waals surface area contributed by atoms with Crippen molar-refractivity contribution in [2.75, 3.05) is 39.3 Å². The second kappa shape index (κ2) is 11.1. The van der Waals surface area contributed by atoms with Gasteiger partial charge in [-0.3, -0.25) is 9.80 Å². The van der Waals surface area contributed by atoms with Gasteiger partial charge in [-0.1, -0.05) is 12.1 Å². The first-order valence-corrected chi connectivity index (χ1v) is 12.7. The van der Waals surface area contributed by atoms with Crippen molar-refractivity contribution in [2.24, 2.45) is 0 Å². The molecule has 5 nitrogen and oxygen atoms in total. The van der Waals surface area contributed by atoms with Crippen LogP contribution in [-0.2, 0) is 6.54 Å². The predicted octanol–water partition coefficient (Wildman–Crippen LogP) is 3.75. The molecule has 3 aliphatic rings. The standard InChI is InChI=1S/C26H43N3O2/c1-21(2)28-14-11-23(12-15-28)29-17-16-27(20-24(29)13-18-30)19-22-7-9-26(10-8-22)31-25-5-3-4-6-25/h7-10,21,23-25,30H,3-6,11-20H2,1-2H3/t24-/m0/s1. The van der Waals surface area contributed by atoms with E-state index in [9.17, 15) is 5.11 Å². The van der Waals surface area contributed by atoms with E-state index in [2.05, 4.69) is 52.8 Å². The van der Waals surface area contributed by atoms with Gasteiger partial charge in [0.1, 0.15) is 5.75 Å². The maximum absolute atomic E-state index is 9.71. The van der Waals surface area contributed by atoms with Gasteiger partial charge in [-0.15, -0.1) is 0 Å². The van der Waals surface area contributed by atoms with E-state index in [1.807, 2.05) is 0 Å². The number of benzene rings is 1. The van der Waals surface area contributed by atoms with Crippen LogP contribution in [0.4, 0.5) is 0 Å². The molecule has 1 atom stereocenters. The van der Waals surface area contributed by atoms with Crippen LogP contribution in [0.25, 0.3) is 0 Å². The summed E-state index contributed by atoms with van der Waals surface area (Å²) in [5.74, 6) is 1.02. The zero-order valence-corrected chi connectivity index (χ0v) is 19.7. The maximum atomic E-state index is 9.71. The summed E-state index contributed by atoms with van der Waals surface area (Å²) in [7, 11) is 0. The lowest BCUT2D eigenvalue weighted by molar-refractivity contribution is -0.0000357. The molecule has 5 heteroatoms. The van der Waals surface area contributed by atoms with Gasteiger partial charge in [0.2, 0.25) is 0 Å². The topological polar surface area (TPSA) is 39.2 Å². The number of piperazine rings is 1. The number of rotatable bonds is 8. The van der Waals surface area contributed by atoms with Crippen LogP contribution >= 0.6 is 0 Å². The Morgan fingerprint density at radius 2 is 1.68 bits per heavy atom. The van der Waals surface area contributed by atoms with Gasteiger partial charge >= 0.3 is 0 Å². The zero-order valence-electron chi connectivity index (χ0n) is 19.7. The molecule has 2 heterocycles. The Morgan fingerprint density at radius 3 is 2.32 bits per heavy atom. The molecule has 174 valence electrons. The van der Waals surface area contributed by atoms with Crippen LogP contribution in [0, 0.1) is 0 Å². The summed E-state index contributed by atoms with van der Waals surface area (Å²) < 4.78 is 6.12. The molecule has 1 saturated carbocycles. The minimum atomic E-state index is 0.285. The first-order valence-electron chi connectivity index (χ1n) is 12.7. The van der Waals surface area contributed by atoms with E-state index in [4.69, 9.17) is 4.74 Å². The van der Waals surface area contributed by atoms with E-state index >= 15 is 0 Å². The molecule has 0 spiro atoms. The number of hydrogen-bond acceptors (Lipinski definition) is 5. The SMILES string of the molecule is CC(C)N1CCC(N2CCN(Cc3ccc(OC4CCCC4)cc3)C[C@@H]2CCO)CC1. The van der Waals surface area contributed by atoms with Gasteiger partial charge < -0.3 is 14.7 Å². The highest BCUT2D eigenvalue weighted by Crippen LogP contribution is 2.26. The van der Waals surface area contributed by atoms with Crippen LogP contribution in [0.1, 0.15) is 64.4 Å². The first-order chi connectivity index (χ1) is 15.1. The molecule has 31 heavy (non-hydrogen) atoms. The lowest BCUT2D eigenvalue weighted by Crippen LogP contribution is -2.58. The Balaban J connectivity index is 1.29. The molecule has 0 aromatic heterocycles. The molecule has 1 N–H and O–H groups in total. The summed E-state index contributed by atoms with van der Waals surface area (Å²) >= 11 is 0. The smallest absolute Gasteiger partial charge is 0.119 e. The van der Waals surface area contributed by atoms with E-state index < -0.39 is 0 Å². The first kappa shape index (κ1) is 23.0. The number of likely N-dealkylation sites (tertiary alicyclic amines) is 1. The fourth-order valence-corrected chi connectivity index (χ4v) is 5.83. The molecule has 4 rings (SSSR count). The Morgan fingerprint density at radius 1 is 0.968 bits per heavy atom. The van der Waals surface area contributed by atoms with Crippen LogP contribution in [0.2, 0.25) is 0 Å². The third kappa shape index (κ3) is 6.22. The summed E-state index contributed by atoms with van der Waals surface area (Å²) in [4.78, 5) is 7.91. The minimum Gasteiger partial charge on any atom is -0.490 e. The second-order valence-corrected chi connectivity index (χ2v) is 10.2. The molecular weight excluding hydrogens is 386 g/mol. The van der Waals surface area contributed by atoms with Crippen molar-refractivity contribution in [1.82, 2.24) is 14.7 Å². The Bertz CT molecular complexity index is 651. The van der Waals surface area contributed by atoms with E-state index in [1.165, 1.54) is 57.2 Å². The monoisotopic (exact) mass is 429 g/mol. The van der Waals surface area contributed by atoms with E-state index in [0.29, 0.717) is 24.2 Å². The van der Waals surface area contributed by atoms with Gasteiger partial charge in [0.15, 0.2) is 0 Å². The summed E-state index contributed by atoms with van der Waals surface area (Å²) in [6.45, 7) is 11.6. The molecule has 0 radical (unpaired) electrons. The molecule has 1 aliphatic carbocycles. The minimum absolute atomic E-state index is 0.285. The van der Waals surface area contributed by atoms with Crippen LogP contribution in [-0.4, -0.2) is 83.4 Å². The number of aliphatic hydroxyl groups is 1. The zero-order chi connectivity index (χ0) is 21.6. The summed E-state index contributed by atoms with van der Waals surface area (Å²) in [5, 5.41) is 9.71. The number of nitrogens with zero attached hydrogens (tertiary/aromatic N) is 3. The lowest BCUT2D eigenvalue weighted by atomic mass is 9.97. The lowest BCUT2D eigenvalue weighted by Gasteiger charge is -2.48. The Hall–Kier alpha value is -1.14. The number of piperidine rings is 1. The molecule has 2 aliphatic heterocycles. The maximum Gasteiger partial charge on any atom is 0.119 e. The van der Waals surface area contributed by atoms with Crippen molar-refractivity contribution in [1.29, 1.82) is 0 Å². The van der Waals surface area contributed by atoms with E-state index in [-0.39, 0.29) is 6.61 Å². The van der Waals surface area contributed by atoms with Crippen molar-refractivity contribution >= 4 is 0 Å². The van der Waals surface area contributed by atoms with Crippen LogP contribution in [0.3, 0.4) is 0 Å². The molecule has 1 aromatic carbocycles. The van der Waals surface area contributed by atoms with Crippen LogP contribution in [0.5, 0.6) is 5.75 Å². The molecule has 3 fully saturated rings. The average Bonchev–Trinajstić information content (AvgIpc) is 3.29. The van der Waals surface area contributed by atoms with Gasteiger partial charge in [-0.2, -0.15) is 0 Å². The fraction of sp³-hybridized carbons (Fsp3) is 0.769. The van der Waals surface area contributed by atoms with Crippen LogP contribution < -0.4 is 4.74 Å². The Kier molecular flexibility index (Phi) is 8.27. The normalized spacial score (nSPS) is 25.5. The Labute approximate surface area is 189 Å². The van der Waals surface area contributed by atoms with E-state index in [0.717, 1.165) is 38.3 Å². The molecular formula is C26H43N3O2. The third-order valence-electron chi connectivity index (χ3n) is 7.71. The van der Waals surface area contributed by atoms with E-state index in [1.54, 1.807) is 0 Å². The number of hydrogen-bond donors (Lipinski definition) is 1. The quantitative estimate of drug-likeness (QED) is 0.681. The highest BCUT2D eigenvalue weighted by Gasteiger charge is 2.33. The summed E-state index contributed by atoms with van der Waals surface area (Å²) in [5.41, 5.74) is 1.36.